The number of carbonyl (C=O) groups is 5. The molecule has 5 fully saturated rings. The number of likely N-dealkylation sites (tertiary alicyclic amines) is 2. The monoisotopic (exact) mass is 735 g/mol. The second-order valence-corrected chi connectivity index (χ2v) is 16.0. The molecule has 3 aliphatic carbocycles. The summed E-state index contributed by atoms with van der Waals surface area (Å²) in [6, 6.07) is 37.0. The molecule has 3 N–H and O–H groups in total. The van der Waals surface area contributed by atoms with E-state index in [1.54, 1.807) is 34.1 Å². The standard InChI is InChI=1S/C45H45N5O5/c51-41(46-38-20-33(38)27-10-4-1-5-11-27)32-23-49(24-32)44(54)30-16-18-31(19-17-30)45(55)50-25-36(42(52)47-39-21-34(39)28-12-6-2-7-13-28)37(26-50)43(53)48-40-22-35(40)29-14-8-3-9-15-29/h1-19,32-40H,20-26H2,(H,46,51)(H,47,52)(H,48,53)/t33-,34-,35-,36-,37-,38+,39+,40+/m1/s1. The summed E-state index contributed by atoms with van der Waals surface area (Å²) in [6.07, 6.45) is 2.62. The van der Waals surface area contributed by atoms with Crippen LogP contribution in [0.3, 0.4) is 0 Å². The minimum atomic E-state index is -0.684. The number of hydrogen-bond acceptors (Lipinski definition) is 5. The summed E-state index contributed by atoms with van der Waals surface area (Å²) >= 11 is 0. The van der Waals surface area contributed by atoms with Crippen LogP contribution < -0.4 is 16.0 Å². The SMILES string of the molecule is O=C(N[C@H]1C[C@@H]1c1ccccc1)C1CN(C(=O)c2ccc(C(=O)N3C[C@@H](C(=O)N[C@H]4C[C@@H]4c4ccccc4)[C@H](C(=O)N[C@H]4C[C@@H]4c4ccccc4)C3)cc2)C1. The van der Waals surface area contributed by atoms with Crippen molar-refractivity contribution in [2.75, 3.05) is 26.2 Å². The molecule has 55 heavy (non-hydrogen) atoms. The van der Waals surface area contributed by atoms with Crippen molar-refractivity contribution < 1.29 is 24.0 Å². The van der Waals surface area contributed by atoms with Crippen LogP contribution in [0.2, 0.25) is 0 Å². The van der Waals surface area contributed by atoms with Crippen molar-refractivity contribution in [1.29, 1.82) is 0 Å². The second-order valence-electron chi connectivity index (χ2n) is 16.0. The van der Waals surface area contributed by atoms with Crippen molar-refractivity contribution in [3.05, 3.63) is 143 Å². The third-order valence-electron chi connectivity index (χ3n) is 12.2. The highest BCUT2D eigenvalue weighted by molar-refractivity contribution is 6.00. The minimum absolute atomic E-state index is 0.000557. The van der Waals surface area contributed by atoms with Crippen LogP contribution in [0, 0.1) is 17.8 Å². The van der Waals surface area contributed by atoms with E-state index in [0.717, 1.165) is 19.3 Å². The Kier molecular flexibility index (Phi) is 9.20. The van der Waals surface area contributed by atoms with Gasteiger partial charge in [-0.25, -0.2) is 0 Å². The van der Waals surface area contributed by atoms with Crippen molar-refractivity contribution >= 4 is 29.5 Å². The Labute approximate surface area is 320 Å². The molecule has 0 unspecified atom stereocenters. The first kappa shape index (κ1) is 35.0. The number of nitrogens with zero attached hydrogens (tertiary/aromatic N) is 2. The quantitative estimate of drug-likeness (QED) is 0.210. The molecule has 2 heterocycles. The Morgan fingerprint density at radius 1 is 0.418 bits per heavy atom. The van der Waals surface area contributed by atoms with E-state index in [1.165, 1.54) is 16.7 Å². The molecule has 0 radical (unpaired) electrons. The number of nitrogens with one attached hydrogen (secondary N) is 3. The molecule has 280 valence electrons. The van der Waals surface area contributed by atoms with Gasteiger partial charge in [-0.2, -0.15) is 0 Å². The zero-order valence-electron chi connectivity index (χ0n) is 30.6. The molecule has 3 saturated carbocycles. The van der Waals surface area contributed by atoms with Crippen LogP contribution in [-0.2, 0) is 14.4 Å². The summed E-state index contributed by atoms with van der Waals surface area (Å²) in [5, 5.41) is 9.50. The van der Waals surface area contributed by atoms with Crippen LogP contribution in [0.15, 0.2) is 115 Å². The predicted molar refractivity (Wildman–Crippen MR) is 206 cm³/mol. The molecular formula is C45H45N5O5. The van der Waals surface area contributed by atoms with Gasteiger partial charge in [-0.1, -0.05) is 91.0 Å². The average molecular weight is 736 g/mol. The van der Waals surface area contributed by atoms with Gasteiger partial charge in [-0.05, 0) is 60.2 Å². The summed E-state index contributed by atoms with van der Waals surface area (Å²) in [4.78, 5) is 70.8. The first-order valence-electron chi connectivity index (χ1n) is 19.6. The van der Waals surface area contributed by atoms with Gasteiger partial charge in [0.1, 0.15) is 0 Å². The van der Waals surface area contributed by atoms with Gasteiger partial charge in [-0.3, -0.25) is 24.0 Å². The number of carbonyl (C=O) groups excluding carboxylic acids is 5. The van der Waals surface area contributed by atoms with Crippen molar-refractivity contribution in [3.63, 3.8) is 0 Å². The lowest BCUT2D eigenvalue weighted by Crippen LogP contribution is -2.56. The molecule has 9 rings (SSSR count). The van der Waals surface area contributed by atoms with Gasteiger partial charge in [-0.15, -0.1) is 0 Å². The Balaban J connectivity index is 0.808. The van der Waals surface area contributed by atoms with Gasteiger partial charge in [0.15, 0.2) is 0 Å². The van der Waals surface area contributed by atoms with Crippen LogP contribution in [0.5, 0.6) is 0 Å². The number of rotatable bonds is 11. The maximum Gasteiger partial charge on any atom is 0.253 e. The summed E-state index contributed by atoms with van der Waals surface area (Å²) in [7, 11) is 0. The molecule has 2 aliphatic heterocycles. The highest BCUT2D eigenvalue weighted by atomic mass is 16.2. The van der Waals surface area contributed by atoms with E-state index in [0.29, 0.717) is 30.1 Å². The molecule has 0 aromatic heterocycles. The van der Waals surface area contributed by atoms with E-state index < -0.39 is 11.8 Å². The van der Waals surface area contributed by atoms with E-state index in [2.05, 4.69) is 52.3 Å². The molecule has 4 aromatic rings. The molecule has 5 amide bonds. The Morgan fingerprint density at radius 2 is 0.745 bits per heavy atom. The molecule has 4 aromatic carbocycles. The van der Waals surface area contributed by atoms with Gasteiger partial charge in [0.05, 0.1) is 17.8 Å². The van der Waals surface area contributed by atoms with Crippen molar-refractivity contribution in [2.45, 2.75) is 55.1 Å². The first-order chi connectivity index (χ1) is 26.8. The van der Waals surface area contributed by atoms with Gasteiger partial charge in [0, 0.05) is 73.2 Å². The van der Waals surface area contributed by atoms with Gasteiger partial charge in [0.2, 0.25) is 17.7 Å². The van der Waals surface area contributed by atoms with Crippen molar-refractivity contribution in [3.8, 4) is 0 Å². The van der Waals surface area contributed by atoms with Crippen LogP contribution in [0.25, 0.3) is 0 Å². The van der Waals surface area contributed by atoms with Gasteiger partial charge in [0.25, 0.3) is 11.8 Å². The predicted octanol–water partition coefficient (Wildman–Crippen LogP) is 4.46. The van der Waals surface area contributed by atoms with E-state index in [9.17, 15) is 24.0 Å². The van der Waals surface area contributed by atoms with Gasteiger partial charge < -0.3 is 25.8 Å². The normalized spacial score (nSPS) is 27.7. The fourth-order valence-electron chi connectivity index (χ4n) is 8.58. The lowest BCUT2D eigenvalue weighted by Gasteiger charge is -2.38. The molecular weight excluding hydrogens is 691 g/mol. The smallest absolute Gasteiger partial charge is 0.253 e. The van der Waals surface area contributed by atoms with E-state index in [4.69, 9.17) is 0 Å². The molecule has 10 heteroatoms. The minimum Gasteiger partial charge on any atom is -0.352 e. The summed E-state index contributed by atoms with van der Waals surface area (Å²) in [6.45, 7) is 0.968. The fourth-order valence-corrected chi connectivity index (χ4v) is 8.58. The average Bonchev–Trinajstić information content (AvgIpc) is 4.16. The third-order valence-corrected chi connectivity index (χ3v) is 12.2. The van der Waals surface area contributed by atoms with Crippen LogP contribution in [-0.4, -0.2) is 83.6 Å². The number of amides is 5. The summed E-state index contributed by atoms with van der Waals surface area (Å²) < 4.78 is 0. The summed E-state index contributed by atoms with van der Waals surface area (Å²) in [5.74, 6) is -1.67. The Hall–Kier alpha value is -5.77. The first-order valence-corrected chi connectivity index (χ1v) is 19.6. The number of hydrogen-bond donors (Lipinski definition) is 3. The van der Waals surface area contributed by atoms with E-state index >= 15 is 0 Å². The largest absolute Gasteiger partial charge is 0.352 e. The van der Waals surface area contributed by atoms with Crippen molar-refractivity contribution in [2.24, 2.45) is 17.8 Å². The third kappa shape index (κ3) is 7.37. The van der Waals surface area contributed by atoms with Crippen molar-refractivity contribution in [1.82, 2.24) is 25.8 Å². The molecule has 10 nitrogen and oxygen atoms in total. The number of benzene rings is 4. The van der Waals surface area contributed by atoms with Gasteiger partial charge >= 0.3 is 0 Å². The Morgan fingerprint density at radius 3 is 1.11 bits per heavy atom. The zero-order chi connectivity index (χ0) is 37.6. The molecule has 0 spiro atoms. The highest BCUT2D eigenvalue weighted by Crippen LogP contribution is 2.43. The maximum absolute atomic E-state index is 13.9. The van der Waals surface area contributed by atoms with E-state index in [1.807, 2.05) is 54.6 Å². The molecule has 2 saturated heterocycles. The molecule has 8 atom stereocenters. The van der Waals surface area contributed by atoms with E-state index in [-0.39, 0.29) is 78.5 Å². The van der Waals surface area contributed by atoms with Crippen LogP contribution >= 0.6 is 0 Å². The van der Waals surface area contributed by atoms with Crippen LogP contribution in [0.4, 0.5) is 0 Å². The molecule has 5 aliphatic rings. The lowest BCUT2D eigenvalue weighted by atomic mass is 9.94. The Bertz CT molecular complexity index is 2010. The fraction of sp³-hybridized carbons (Fsp3) is 0.356. The highest BCUT2D eigenvalue weighted by Gasteiger charge is 2.49. The topological polar surface area (TPSA) is 128 Å². The molecule has 0 bridgehead atoms. The maximum atomic E-state index is 13.9. The second kappa shape index (κ2) is 14.5. The summed E-state index contributed by atoms with van der Waals surface area (Å²) in [5.41, 5.74) is 4.41. The van der Waals surface area contributed by atoms with Crippen LogP contribution in [0.1, 0.15) is 74.4 Å². The lowest BCUT2D eigenvalue weighted by molar-refractivity contribution is -0.133. The zero-order valence-corrected chi connectivity index (χ0v) is 30.6.